The van der Waals surface area contributed by atoms with Gasteiger partial charge in [-0.15, -0.1) is 5.73 Å². The number of benzene rings is 5. The normalized spacial score (nSPS) is 16.5. The molecule has 3 heterocycles. The highest BCUT2D eigenvalue weighted by molar-refractivity contribution is 6.09. The highest BCUT2D eigenvalue weighted by Crippen LogP contribution is 2.38. The lowest BCUT2D eigenvalue weighted by molar-refractivity contribution is 0.951. The maximum Gasteiger partial charge on any atom is 0.0716 e. The summed E-state index contributed by atoms with van der Waals surface area (Å²) in [6.07, 6.45) is 19.0. The van der Waals surface area contributed by atoms with Crippen LogP contribution in [0.2, 0.25) is 0 Å². The fraction of sp³-hybridized carbons (Fsp3) is 0.0612. The van der Waals surface area contributed by atoms with Crippen LogP contribution in [-0.2, 0) is 0 Å². The first-order valence-electron chi connectivity index (χ1n) is 17.9. The van der Waals surface area contributed by atoms with E-state index in [0.717, 1.165) is 51.6 Å². The minimum atomic E-state index is 0.299. The number of fused-ring (bicyclic) bond motifs is 4. The number of aromatic nitrogens is 2. The Bertz CT molecular complexity index is 2620. The van der Waals surface area contributed by atoms with Crippen LogP contribution in [0.25, 0.3) is 55.6 Å². The van der Waals surface area contributed by atoms with Crippen molar-refractivity contribution in [2.45, 2.75) is 12.8 Å². The van der Waals surface area contributed by atoms with Crippen molar-refractivity contribution in [1.82, 2.24) is 9.55 Å². The third-order valence-electron chi connectivity index (χ3n) is 10.1. The van der Waals surface area contributed by atoms with Crippen molar-refractivity contribution in [2.24, 2.45) is 0 Å². The quantitative estimate of drug-likeness (QED) is 0.170. The molecular formula is C49H37N3. The molecule has 2 aromatic heterocycles. The van der Waals surface area contributed by atoms with Crippen LogP contribution in [0.5, 0.6) is 0 Å². The average Bonchev–Trinajstić information content (AvgIpc) is 3.33. The van der Waals surface area contributed by atoms with Crippen molar-refractivity contribution in [3.8, 4) is 28.2 Å². The van der Waals surface area contributed by atoms with E-state index in [-0.39, 0.29) is 0 Å². The molecule has 3 nitrogen and oxygen atoms in total. The number of hydrogen-bond acceptors (Lipinski definition) is 2. The van der Waals surface area contributed by atoms with E-state index < -0.39 is 0 Å². The zero-order chi connectivity index (χ0) is 34.9. The van der Waals surface area contributed by atoms with Gasteiger partial charge in [0.05, 0.1) is 22.4 Å². The number of anilines is 2. The summed E-state index contributed by atoms with van der Waals surface area (Å²) >= 11 is 0. The van der Waals surface area contributed by atoms with Crippen LogP contribution in [0.4, 0.5) is 11.4 Å². The molecule has 3 heteroatoms. The highest BCUT2D eigenvalue weighted by Gasteiger charge is 2.18. The standard InChI is InChI=1S/C49H37N3/c1-35-17-5-4-14-30-51(47-27-11-8-24-42(35)47)40-22-15-20-37(31-40)45-33-39(36-18-6-2-3-7-19-36)34-46(50-45)38-21-16-23-41(32-38)52-48-28-12-9-25-43(48)44-26-10-13-29-49(44)52/h2-6,8-29,31-35H,30H2,1H3/b14-4-,17-5-. The highest BCUT2D eigenvalue weighted by atomic mass is 15.1. The Morgan fingerprint density at radius 2 is 1.29 bits per heavy atom. The smallest absolute Gasteiger partial charge is 0.0716 e. The molecule has 0 amide bonds. The summed E-state index contributed by atoms with van der Waals surface area (Å²) < 4.78 is 2.36. The van der Waals surface area contributed by atoms with Crippen molar-refractivity contribution < 1.29 is 0 Å². The molecule has 0 radical (unpaired) electrons. The Morgan fingerprint density at radius 1 is 0.615 bits per heavy atom. The molecule has 0 saturated heterocycles. The number of para-hydroxylation sites is 3. The summed E-state index contributed by atoms with van der Waals surface area (Å²) in [6.45, 7) is 3.03. The zero-order valence-electron chi connectivity index (χ0n) is 29.0. The van der Waals surface area contributed by atoms with Crippen LogP contribution >= 0.6 is 0 Å². The van der Waals surface area contributed by atoms with E-state index in [2.05, 4.69) is 198 Å². The van der Waals surface area contributed by atoms with Gasteiger partial charge in [-0.3, -0.25) is 0 Å². The van der Waals surface area contributed by atoms with Gasteiger partial charge in [0.2, 0.25) is 0 Å². The van der Waals surface area contributed by atoms with Gasteiger partial charge in [0.1, 0.15) is 0 Å². The van der Waals surface area contributed by atoms with E-state index in [1.807, 2.05) is 12.2 Å². The number of rotatable bonds is 5. The second-order valence-electron chi connectivity index (χ2n) is 13.4. The van der Waals surface area contributed by atoms with Crippen molar-refractivity contribution in [3.63, 3.8) is 0 Å². The molecule has 1 aliphatic heterocycles. The fourth-order valence-corrected chi connectivity index (χ4v) is 7.51. The van der Waals surface area contributed by atoms with Crippen molar-refractivity contribution in [1.29, 1.82) is 0 Å². The molecule has 0 spiro atoms. The first-order valence-corrected chi connectivity index (χ1v) is 17.9. The molecule has 248 valence electrons. The Labute approximate surface area is 304 Å². The number of pyridine rings is 1. The average molecular weight is 668 g/mol. The first-order chi connectivity index (χ1) is 25.7. The molecule has 1 unspecified atom stereocenters. The molecule has 0 N–H and O–H groups in total. The maximum atomic E-state index is 5.39. The van der Waals surface area contributed by atoms with Crippen molar-refractivity contribution in [3.05, 3.63) is 205 Å². The number of allylic oxidation sites excluding steroid dienone is 8. The Kier molecular flexibility index (Phi) is 8.17. The largest absolute Gasteiger partial charge is 0.337 e. The Morgan fingerprint density at radius 3 is 2.06 bits per heavy atom. The number of nitrogens with zero attached hydrogens (tertiary/aromatic N) is 3. The van der Waals surface area contributed by atoms with Crippen molar-refractivity contribution in [2.75, 3.05) is 11.4 Å². The predicted molar refractivity (Wildman–Crippen MR) is 219 cm³/mol. The molecular weight excluding hydrogens is 631 g/mol. The van der Waals surface area contributed by atoms with Crippen molar-refractivity contribution >= 4 is 38.8 Å². The molecule has 0 bridgehead atoms. The van der Waals surface area contributed by atoms with Gasteiger partial charge >= 0.3 is 0 Å². The van der Waals surface area contributed by atoms with E-state index in [9.17, 15) is 0 Å². The van der Waals surface area contributed by atoms with Gasteiger partial charge < -0.3 is 9.47 Å². The lowest BCUT2D eigenvalue weighted by atomic mass is 9.97. The van der Waals surface area contributed by atoms with E-state index in [1.54, 1.807) is 0 Å². The van der Waals surface area contributed by atoms with E-state index in [0.29, 0.717) is 5.92 Å². The molecule has 1 aliphatic carbocycles. The molecule has 5 aromatic carbocycles. The van der Waals surface area contributed by atoms with Gasteiger partial charge in [-0.05, 0) is 83.4 Å². The monoisotopic (exact) mass is 667 g/mol. The van der Waals surface area contributed by atoms with Crippen LogP contribution in [0, 0.1) is 0 Å². The second-order valence-corrected chi connectivity index (χ2v) is 13.4. The minimum absolute atomic E-state index is 0.299. The van der Waals surface area contributed by atoms with Gasteiger partial charge in [-0.2, -0.15) is 0 Å². The lowest BCUT2D eigenvalue weighted by Gasteiger charge is -2.27. The summed E-state index contributed by atoms with van der Waals surface area (Å²) in [5.74, 6) is 0.299. The molecule has 0 fully saturated rings. The minimum Gasteiger partial charge on any atom is -0.337 e. The van der Waals surface area contributed by atoms with E-state index >= 15 is 0 Å². The summed E-state index contributed by atoms with van der Waals surface area (Å²) in [5, 5.41) is 2.50. The van der Waals surface area contributed by atoms with Crippen LogP contribution in [0.3, 0.4) is 0 Å². The summed E-state index contributed by atoms with van der Waals surface area (Å²) in [5.41, 5.74) is 16.6. The fourth-order valence-electron chi connectivity index (χ4n) is 7.51. The Hall–Kier alpha value is -6.67. The van der Waals surface area contributed by atoms with Gasteiger partial charge in [0.15, 0.2) is 0 Å². The second kappa shape index (κ2) is 13.6. The topological polar surface area (TPSA) is 21.1 Å². The third kappa shape index (κ3) is 5.84. The molecule has 0 saturated carbocycles. The molecule has 52 heavy (non-hydrogen) atoms. The maximum absolute atomic E-state index is 5.39. The Balaban J connectivity index is 1.19. The summed E-state index contributed by atoms with van der Waals surface area (Å²) in [7, 11) is 0. The molecule has 7 aromatic rings. The van der Waals surface area contributed by atoms with Gasteiger partial charge in [-0.25, -0.2) is 4.98 Å². The summed E-state index contributed by atoms with van der Waals surface area (Å²) in [6, 6.07) is 48.0. The SMILES string of the molecule is CC1/C=C\C=C/CN(c2cccc(-c3cc(C4=CC=CC=C=C4)cc(-c4cccc(-n5c6ccccc6c6ccccc65)c4)n3)c2)c2ccccc21. The van der Waals surface area contributed by atoms with E-state index in [4.69, 9.17) is 4.98 Å². The van der Waals surface area contributed by atoms with Gasteiger partial charge in [0, 0.05) is 51.4 Å². The van der Waals surface area contributed by atoms with Crippen LogP contribution in [0.1, 0.15) is 24.0 Å². The molecule has 9 rings (SSSR count). The molecule has 1 atom stereocenters. The van der Waals surface area contributed by atoms with Gasteiger partial charge in [0.25, 0.3) is 0 Å². The summed E-state index contributed by atoms with van der Waals surface area (Å²) in [4.78, 5) is 7.80. The number of hydrogen-bond donors (Lipinski definition) is 0. The predicted octanol–water partition coefficient (Wildman–Crippen LogP) is 12.5. The third-order valence-corrected chi connectivity index (χ3v) is 10.1. The van der Waals surface area contributed by atoms with Gasteiger partial charge in [-0.1, -0.05) is 128 Å². The first kappa shape index (κ1) is 31.3. The van der Waals surface area contributed by atoms with Crippen LogP contribution in [0.15, 0.2) is 194 Å². The molecule has 2 aliphatic rings. The van der Waals surface area contributed by atoms with Crippen LogP contribution < -0.4 is 4.90 Å². The lowest BCUT2D eigenvalue weighted by Crippen LogP contribution is -2.18. The zero-order valence-corrected chi connectivity index (χ0v) is 29.0. The van der Waals surface area contributed by atoms with E-state index in [1.165, 1.54) is 33.1 Å². The van der Waals surface area contributed by atoms with Crippen LogP contribution in [-0.4, -0.2) is 16.1 Å².